The predicted molar refractivity (Wildman–Crippen MR) is 86.4 cm³/mol. The van der Waals surface area contributed by atoms with Gasteiger partial charge in [-0.05, 0) is 30.2 Å². The third kappa shape index (κ3) is 2.95. The highest BCUT2D eigenvalue weighted by Crippen LogP contribution is 2.28. The Kier molecular flexibility index (Phi) is 3.97. The highest BCUT2D eigenvalue weighted by Gasteiger charge is 2.08. The van der Waals surface area contributed by atoms with Gasteiger partial charge in [0.05, 0.1) is 5.52 Å². The topological polar surface area (TPSA) is 22.1 Å². The molecule has 0 unspecified atom stereocenters. The van der Waals surface area contributed by atoms with Crippen LogP contribution >= 0.6 is 0 Å². The van der Waals surface area contributed by atoms with Gasteiger partial charge in [0, 0.05) is 17.1 Å². The van der Waals surface area contributed by atoms with Crippen LogP contribution in [0.2, 0.25) is 0 Å². The van der Waals surface area contributed by atoms with Gasteiger partial charge in [-0.15, -0.1) is 6.58 Å². The Hall–Kier alpha value is -2.61. The van der Waals surface area contributed by atoms with Crippen molar-refractivity contribution in [3.63, 3.8) is 0 Å². The molecule has 3 rings (SSSR count). The molecule has 0 amide bonds. The van der Waals surface area contributed by atoms with E-state index in [1.54, 1.807) is 0 Å². The molecule has 0 N–H and O–H groups in total. The third-order valence-electron chi connectivity index (χ3n) is 3.44. The molecule has 0 radical (unpaired) electrons. The fourth-order valence-electron chi connectivity index (χ4n) is 2.42. The van der Waals surface area contributed by atoms with Crippen LogP contribution in [-0.4, -0.2) is 4.98 Å². The molecule has 1 aromatic heterocycles. The molecule has 0 aliphatic heterocycles. The van der Waals surface area contributed by atoms with Gasteiger partial charge in [0.2, 0.25) is 0 Å². The first-order valence-corrected chi connectivity index (χ1v) is 7.02. The van der Waals surface area contributed by atoms with Crippen molar-refractivity contribution in [3.05, 3.63) is 84.6 Å². The summed E-state index contributed by atoms with van der Waals surface area (Å²) in [5, 5.41) is 1.13. The summed E-state index contributed by atoms with van der Waals surface area (Å²) in [6.07, 6.45) is 4.48. The summed E-state index contributed by atoms with van der Waals surface area (Å²) in [7, 11) is 0. The molecule has 0 saturated heterocycles. The minimum absolute atomic E-state index is 0.566. The first-order valence-electron chi connectivity index (χ1n) is 7.02. The van der Waals surface area contributed by atoms with Gasteiger partial charge in [0.15, 0.2) is 0 Å². The van der Waals surface area contributed by atoms with Crippen LogP contribution in [-0.2, 0) is 13.0 Å². The maximum atomic E-state index is 6.01. The molecule has 0 fully saturated rings. The SMILES string of the molecule is C=CCc1c(OCc2ccccc2)ccc2ncccc12. The van der Waals surface area contributed by atoms with E-state index in [0.29, 0.717) is 6.61 Å². The molecule has 0 saturated carbocycles. The van der Waals surface area contributed by atoms with E-state index in [-0.39, 0.29) is 0 Å². The molecular formula is C19H17NO. The molecule has 0 aliphatic rings. The average molecular weight is 275 g/mol. The van der Waals surface area contributed by atoms with Gasteiger partial charge in [-0.2, -0.15) is 0 Å². The number of hydrogen-bond donors (Lipinski definition) is 0. The summed E-state index contributed by atoms with van der Waals surface area (Å²) in [5.74, 6) is 0.902. The molecule has 0 aliphatic carbocycles. The van der Waals surface area contributed by atoms with E-state index in [0.717, 1.165) is 34.2 Å². The fraction of sp³-hybridized carbons (Fsp3) is 0.105. The van der Waals surface area contributed by atoms with E-state index in [1.165, 1.54) is 0 Å². The summed E-state index contributed by atoms with van der Waals surface area (Å²) in [5.41, 5.74) is 3.29. The minimum atomic E-state index is 0.566. The van der Waals surface area contributed by atoms with Crippen molar-refractivity contribution in [2.24, 2.45) is 0 Å². The van der Waals surface area contributed by atoms with E-state index < -0.39 is 0 Å². The standard InChI is InChI=1S/C19H17NO/c1-2-7-17-16-10-6-13-20-18(16)11-12-19(17)21-14-15-8-4-3-5-9-15/h2-6,8-13H,1,7,14H2. The van der Waals surface area contributed by atoms with Crippen molar-refractivity contribution < 1.29 is 4.74 Å². The van der Waals surface area contributed by atoms with Crippen LogP contribution in [0, 0.1) is 0 Å². The number of pyridine rings is 1. The van der Waals surface area contributed by atoms with E-state index in [9.17, 15) is 0 Å². The van der Waals surface area contributed by atoms with Crippen LogP contribution in [0.1, 0.15) is 11.1 Å². The van der Waals surface area contributed by atoms with Crippen molar-refractivity contribution in [2.75, 3.05) is 0 Å². The largest absolute Gasteiger partial charge is 0.489 e. The summed E-state index contributed by atoms with van der Waals surface area (Å²) in [4.78, 5) is 4.39. The monoisotopic (exact) mass is 275 g/mol. The lowest BCUT2D eigenvalue weighted by Gasteiger charge is -2.13. The van der Waals surface area contributed by atoms with Gasteiger partial charge in [0.1, 0.15) is 12.4 Å². The normalized spacial score (nSPS) is 10.5. The van der Waals surface area contributed by atoms with Crippen molar-refractivity contribution in [1.82, 2.24) is 4.98 Å². The van der Waals surface area contributed by atoms with Crippen molar-refractivity contribution in [1.29, 1.82) is 0 Å². The van der Waals surface area contributed by atoms with Crippen LogP contribution < -0.4 is 4.74 Å². The Balaban J connectivity index is 1.94. The molecule has 3 aromatic rings. The number of benzene rings is 2. The first kappa shape index (κ1) is 13.4. The van der Waals surface area contributed by atoms with Crippen molar-refractivity contribution in [3.8, 4) is 5.75 Å². The van der Waals surface area contributed by atoms with Crippen molar-refractivity contribution in [2.45, 2.75) is 13.0 Å². The minimum Gasteiger partial charge on any atom is -0.489 e. The Bertz CT molecular complexity index is 750. The number of allylic oxidation sites excluding steroid dienone is 1. The lowest BCUT2D eigenvalue weighted by molar-refractivity contribution is 0.304. The van der Waals surface area contributed by atoms with Gasteiger partial charge in [-0.3, -0.25) is 4.98 Å². The molecule has 0 atom stereocenters. The Morgan fingerprint density at radius 2 is 1.86 bits per heavy atom. The van der Waals surface area contributed by atoms with Gasteiger partial charge in [-0.25, -0.2) is 0 Å². The van der Waals surface area contributed by atoms with E-state index in [4.69, 9.17) is 4.74 Å². The van der Waals surface area contributed by atoms with Gasteiger partial charge in [0.25, 0.3) is 0 Å². The van der Waals surface area contributed by atoms with E-state index >= 15 is 0 Å². The number of aromatic nitrogens is 1. The lowest BCUT2D eigenvalue weighted by Crippen LogP contribution is -1.99. The summed E-state index contributed by atoms with van der Waals surface area (Å²) < 4.78 is 6.01. The second-order valence-corrected chi connectivity index (χ2v) is 4.88. The lowest BCUT2D eigenvalue weighted by atomic mass is 10.0. The fourth-order valence-corrected chi connectivity index (χ4v) is 2.42. The average Bonchev–Trinajstić information content (AvgIpc) is 2.55. The maximum absolute atomic E-state index is 6.01. The molecule has 2 heteroatoms. The molecule has 2 nitrogen and oxygen atoms in total. The molecule has 104 valence electrons. The summed E-state index contributed by atoms with van der Waals surface area (Å²) >= 11 is 0. The molecule has 1 heterocycles. The first-order chi connectivity index (χ1) is 10.4. The number of rotatable bonds is 5. The second-order valence-electron chi connectivity index (χ2n) is 4.88. The van der Waals surface area contributed by atoms with Crippen molar-refractivity contribution >= 4 is 10.9 Å². The van der Waals surface area contributed by atoms with Gasteiger partial charge >= 0.3 is 0 Å². The van der Waals surface area contributed by atoms with E-state index in [1.807, 2.05) is 48.7 Å². The Morgan fingerprint density at radius 3 is 2.67 bits per heavy atom. The Labute approximate surface area is 124 Å². The van der Waals surface area contributed by atoms with E-state index in [2.05, 4.69) is 29.8 Å². The quantitative estimate of drug-likeness (QED) is 0.638. The van der Waals surface area contributed by atoms with Crippen LogP contribution in [0.4, 0.5) is 0 Å². The number of nitrogens with zero attached hydrogens (tertiary/aromatic N) is 1. The maximum Gasteiger partial charge on any atom is 0.124 e. The zero-order chi connectivity index (χ0) is 14.5. The third-order valence-corrected chi connectivity index (χ3v) is 3.44. The molecule has 0 bridgehead atoms. The van der Waals surface area contributed by atoms with Crippen LogP contribution in [0.5, 0.6) is 5.75 Å². The number of hydrogen-bond acceptors (Lipinski definition) is 2. The molecular weight excluding hydrogens is 258 g/mol. The van der Waals surface area contributed by atoms with Crippen LogP contribution in [0.15, 0.2) is 73.4 Å². The molecule has 2 aromatic carbocycles. The van der Waals surface area contributed by atoms with Crippen LogP contribution in [0.3, 0.4) is 0 Å². The summed E-state index contributed by atoms with van der Waals surface area (Å²) in [6, 6.07) is 18.2. The predicted octanol–water partition coefficient (Wildman–Crippen LogP) is 4.54. The van der Waals surface area contributed by atoms with Crippen LogP contribution in [0.25, 0.3) is 10.9 Å². The van der Waals surface area contributed by atoms with Gasteiger partial charge in [-0.1, -0.05) is 42.5 Å². The molecule has 21 heavy (non-hydrogen) atoms. The molecule has 0 spiro atoms. The highest BCUT2D eigenvalue weighted by molar-refractivity contribution is 5.84. The highest BCUT2D eigenvalue weighted by atomic mass is 16.5. The summed E-state index contributed by atoms with van der Waals surface area (Å²) in [6.45, 7) is 4.41. The Morgan fingerprint density at radius 1 is 1.00 bits per heavy atom. The van der Waals surface area contributed by atoms with Gasteiger partial charge < -0.3 is 4.74 Å². The zero-order valence-corrected chi connectivity index (χ0v) is 11.8. The smallest absolute Gasteiger partial charge is 0.124 e. The number of ether oxygens (including phenoxy) is 1. The second kappa shape index (κ2) is 6.23. The zero-order valence-electron chi connectivity index (χ0n) is 11.8. The number of fused-ring (bicyclic) bond motifs is 1.